The van der Waals surface area contributed by atoms with Gasteiger partial charge in [-0.1, -0.05) is 32.9 Å². The molecule has 0 saturated heterocycles. The molecule has 4 nitrogen and oxygen atoms in total. The number of carbonyl (C=O) groups is 1. The van der Waals surface area contributed by atoms with Crippen LogP contribution in [-0.4, -0.2) is 15.5 Å². The van der Waals surface area contributed by atoms with Crippen LogP contribution in [0.3, 0.4) is 0 Å². The fraction of sp³-hybridized carbons (Fsp3) is 0.263. The third-order valence-corrected chi connectivity index (χ3v) is 3.76. The normalized spacial score (nSPS) is 11.7. The summed E-state index contributed by atoms with van der Waals surface area (Å²) in [5.74, 6) is 0.358. The van der Waals surface area contributed by atoms with Gasteiger partial charge in [0, 0.05) is 11.1 Å². The van der Waals surface area contributed by atoms with E-state index in [1.165, 1.54) is 12.1 Å². The minimum absolute atomic E-state index is 0.157. The summed E-state index contributed by atoms with van der Waals surface area (Å²) in [5.41, 5.74) is 2.19. The Morgan fingerprint density at radius 3 is 2.46 bits per heavy atom. The summed E-state index contributed by atoms with van der Waals surface area (Å²) in [6, 6.07) is 13.5. The summed E-state index contributed by atoms with van der Waals surface area (Å²) in [4.78, 5) is 17.1. The summed E-state index contributed by atoms with van der Waals surface area (Å²) in [5, 5.41) is 2.80. The molecule has 1 heterocycles. The van der Waals surface area contributed by atoms with Gasteiger partial charge in [0.2, 0.25) is 5.91 Å². The minimum Gasteiger partial charge on any atom is -0.325 e. The lowest BCUT2D eigenvalue weighted by atomic mass is 9.95. The van der Waals surface area contributed by atoms with Crippen molar-refractivity contribution in [3.63, 3.8) is 0 Å². The smallest absolute Gasteiger partial charge is 0.244 e. The van der Waals surface area contributed by atoms with E-state index in [1.807, 2.05) is 28.8 Å². The lowest BCUT2D eigenvalue weighted by molar-refractivity contribution is -0.116. The summed E-state index contributed by atoms with van der Waals surface area (Å²) in [6.45, 7) is 6.37. The Hall–Kier alpha value is -2.69. The molecule has 0 unspecified atom stereocenters. The second-order valence-corrected chi connectivity index (χ2v) is 6.82. The molecule has 2 aromatic carbocycles. The van der Waals surface area contributed by atoms with Crippen LogP contribution in [0.2, 0.25) is 0 Å². The van der Waals surface area contributed by atoms with E-state index < -0.39 is 0 Å². The summed E-state index contributed by atoms with van der Waals surface area (Å²) in [6.07, 6.45) is 0. The van der Waals surface area contributed by atoms with Gasteiger partial charge in [0.1, 0.15) is 18.2 Å². The quantitative estimate of drug-likeness (QED) is 0.787. The van der Waals surface area contributed by atoms with Crippen molar-refractivity contribution in [1.29, 1.82) is 0 Å². The van der Waals surface area contributed by atoms with Gasteiger partial charge in [-0.2, -0.15) is 0 Å². The minimum atomic E-state index is -0.330. The van der Waals surface area contributed by atoms with Crippen molar-refractivity contribution in [2.45, 2.75) is 32.7 Å². The van der Waals surface area contributed by atoms with Crippen LogP contribution in [0.25, 0.3) is 11.0 Å². The van der Waals surface area contributed by atoms with Gasteiger partial charge >= 0.3 is 0 Å². The van der Waals surface area contributed by atoms with E-state index in [0.717, 1.165) is 16.9 Å². The highest BCUT2D eigenvalue weighted by molar-refractivity contribution is 5.91. The molecule has 0 aliphatic carbocycles. The molecular weight excluding hydrogens is 305 g/mol. The van der Waals surface area contributed by atoms with Gasteiger partial charge in [-0.25, -0.2) is 9.37 Å². The SMILES string of the molecule is CC(C)(C)c1nc2ccccc2n1CC(=O)Nc1ccc(F)cc1. The average Bonchev–Trinajstić information content (AvgIpc) is 2.89. The largest absolute Gasteiger partial charge is 0.325 e. The first-order valence-electron chi connectivity index (χ1n) is 7.86. The van der Waals surface area contributed by atoms with Crippen molar-refractivity contribution in [2.24, 2.45) is 0 Å². The number of carbonyl (C=O) groups excluding carboxylic acids is 1. The van der Waals surface area contributed by atoms with Crippen LogP contribution in [0, 0.1) is 5.82 Å². The van der Waals surface area contributed by atoms with Crippen molar-refractivity contribution in [3.05, 3.63) is 60.2 Å². The van der Waals surface area contributed by atoms with E-state index in [4.69, 9.17) is 0 Å². The van der Waals surface area contributed by atoms with E-state index in [-0.39, 0.29) is 23.7 Å². The third kappa shape index (κ3) is 3.30. The number of nitrogens with one attached hydrogen (secondary N) is 1. The lowest BCUT2D eigenvalue weighted by Crippen LogP contribution is -2.25. The van der Waals surface area contributed by atoms with Crippen molar-refractivity contribution in [3.8, 4) is 0 Å². The molecule has 0 saturated carbocycles. The Kier molecular flexibility index (Phi) is 4.09. The molecular formula is C19H20FN3O. The first-order chi connectivity index (χ1) is 11.3. The number of hydrogen-bond acceptors (Lipinski definition) is 2. The van der Waals surface area contributed by atoms with E-state index >= 15 is 0 Å². The molecule has 0 atom stereocenters. The Morgan fingerprint density at radius 2 is 1.79 bits per heavy atom. The molecule has 1 aromatic heterocycles. The van der Waals surface area contributed by atoms with Crippen molar-refractivity contribution in [1.82, 2.24) is 9.55 Å². The zero-order valence-corrected chi connectivity index (χ0v) is 14.0. The van der Waals surface area contributed by atoms with Gasteiger partial charge in [-0.3, -0.25) is 4.79 Å². The van der Waals surface area contributed by atoms with Gasteiger partial charge in [-0.15, -0.1) is 0 Å². The molecule has 24 heavy (non-hydrogen) atoms. The number of fused-ring (bicyclic) bond motifs is 1. The number of amides is 1. The maximum Gasteiger partial charge on any atom is 0.244 e. The molecule has 0 aliphatic heterocycles. The molecule has 0 aliphatic rings. The molecule has 3 aromatic rings. The highest BCUT2D eigenvalue weighted by Gasteiger charge is 2.23. The van der Waals surface area contributed by atoms with Gasteiger partial charge in [-0.05, 0) is 36.4 Å². The van der Waals surface area contributed by atoms with Crippen LogP contribution in [0.5, 0.6) is 0 Å². The van der Waals surface area contributed by atoms with Crippen LogP contribution in [0.15, 0.2) is 48.5 Å². The number of nitrogens with zero attached hydrogens (tertiary/aromatic N) is 2. The molecule has 5 heteroatoms. The van der Waals surface area contributed by atoms with Crippen molar-refractivity contribution in [2.75, 3.05) is 5.32 Å². The molecule has 0 fully saturated rings. The number of aromatic nitrogens is 2. The molecule has 124 valence electrons. The number of anilines is 1. The number of rotatable bonds is 3. The first kappa shape index (κ1) is 16.2. The van der Waals surface area contributed by atoms with Gasteiger partial charge in [0.25, 0.3) is 0 Å². The predicted octanol–water partition coefficient (Wildman–Crippen LogP) is 4.11. The van der Waals surface area contributed by atoms with Crippen molar-refractivity contribution >= 4 is 22.6 Å². The molecule has 0 bridgehead atoms. The van der Waals surface area contributed by atoms with Crippen LogP contribution in [0.1, 0.15) is 26.6 Å². The monoisotopic (exact) mass is 325 g/mol. The summed E-state index contributed by atoms with van der Waals surface area (Å²) in [7, 11) is 0. The molecule has 1 amide bonds. The number of benzene rings is 2. The number of imidazole rings is 1. The maximum atomic E-state index is 13.0. The van der Waals surface area contributed by atoms with E-state index in [9.17, 15) is 9.18 Å². The zero-order valence-electron chi connectivity index (χ0n) is 14.0. The summed E-state index contributed by atoms with van der Waals surface area (Å²) >= 11 is 0. The second kappa shape index (κ2) is 6.07. The molecule has 0 radical (unpaired) electrons. The average molecular weight is 325 g/mol. The maximum absolute atomic E-state index is 13.0. The van der Waals surface area contributed by atoms with Gasteiger partial charge in [0.05, 0.1) is 11.0 Å². The first-order valence-corrected chi connectivity index (χ1v) is 7.86. The highest BCUT2D eigenvalue weighted by atomic mass is 19.1. The van der Waals surface area contributed by atoms with E-state index in [1.54, 1.807) is 12.1 Å². The highest BCUT2D eigenvalue weighted by Crippen LogP contribution is 2.26. The number of para-hydroxylation sites is 2. The third-order valence-electron chi connectivity index (χ3n) is 3.76. The van der Waals surface area contributed by atoms with E-state index in [0.29, 0.717) is 5.69 Å². The predicted molar refractivity (Wildman–Crippen MR) is 93.5 cm³/mol. The van der Waals surface area contributed by atoms with Crippen LogP contribution >= 0.6 is 0 Å². The van der Waals surface area contributed by atoms with Crippen LogP contribution in [-0.2, 0) is 16.8 Å². The second-order valence-electron chi connectivity index (χ2n) is 6.82. The Bertz CT molecular complexity index is 876. The van der Waals surface area contributed by atoms with Gasteiger partial charge < -0.3 is 9.88 Å². The Balaban J connectivity index is 1.91. The topological polar surface area (TPSA) is 46.9 Å². The molecule has 3 rings (SSSR count). The Labute approximate surface area is 140 Å². The standard InChI is InChI=1S/C19H20FN3O/c1-19(2,3)18-22-15-6-4-5-7-16(15)23(18)12-17(24)21-14-10-8-13(20)9-11-14/h4-11H,12H2,1-3H3,(H,21,24). The Morgan fingerprint density at radius 1 is 1.12 bits per heavy atom. The van der Waals surface area contributed by atoms with Crippen LogP contribution < -0.4 is 5.32 Å². The fourth-order valence-electron chi connectivity index (χ4n) is 2.69. The number of hydrogen-bond donors (Lipinski definition) is 1. The summed E-state index contributed by atoms with van der Waals surface area (Å²) < 4.78 is 14.9. The molecule has 0 spiro atoms. The number of halogens is 1. The van der Waals surface area contributed by atoms with Crippen molar-refractivity contribution < 1.29 is 9.18 Å². The molecule has 1 N–H and O–H groups in total. The zero-order chi connectivity index (χ0) is 17.3. The van der Waals surface area contributed by atoms with Crippen LogP contribution in [0.4, 0.5) is 10.1 Å². The van der Waals surface area contributed by atoms with Gasteiger partial charge in [0.15, 0.2) is 0 Å². The lowest BCUT2D eigenvalue weighted by Gasteiger charge is -2.20. The fourth-order valence-corrected chi connectivity index (χ4v) is 2.69. The van der Waals surface area contributed by atoms with E-state index in [2.05, 4.69) is 31.1 Å².